The number of anilines is 1. The number of aromatic nitrogens is 4. The van der Waals surface area contributed by atoms with Crippen molar-refractivity contribution < 1.29 is 5.11 Å². The lowest BCUT2D eigenvalue weighted by Crippen LogP contribution is -2.35. The zero-order valence-corrected chi connectivity index (χ0v) is 12.9. The van der Waals surface area contributed by atoms with Crippen LogP contribution in [-0.2, 0) is 0 Å². The molecule has 2 aromatic heterocycles. The highest BCUT2D eigenvalue weighted by Crippen LogP contribution is 2.32. The fourth-order valence-electron chi connectivity index (χ4n) is 2.68. The molecular formula is C16H19N5O. The Hall–Kier alpha value is -2.47. The number of fused-ring (bicyclic) bond motifs is 1. The summed E-state index contributed by atoms with van der Waals surface area (Å²) in [5, 5.41) is 19.1. The van der Waals surface area contributed by atoms with E-state index in [0.717, 1.165) is 22.2 Å². The highest BCUT2D eigenvalue weighted by Gasteiger charge is 2.32. The zero-order chi connectivity index (χ0) is 15.9. The monoisotopic (exact) mass is 297 g/mol. The molecule has 0 saturated carbocycles. The van der Waals surface area contributed by atoms with Gasteiger partial charge in [0.05, 0.1) is 11.1 Å². The second-order valence-corrected chi connectivity index (χ2v) is 6.05. The highest BCUT2D eigenvalue weighted by atomic mass is 16.3. The van der Waals surface area contributed by atoms with Crippen LogP contribution >= 0.6 is 0 Å². The number of pyridine rings is 1. The Bertz CT molecular complexity index is 819. The van der Waals surface area contributed by atoms with Gasteiger partial charge >= 0.3 is 0 Å². The largest absolute Gasteiger partial charge is 0.388 e. The molecule has 0 amide bonds. The van der Waals surface area contributed by atoms with Crippen LogP contribution in [0.25, 0.3) is 11.0 Å². The topological polar surface area (TPSA) is 89.8 Å². The molecule has 0 radical (unpaired) electrons. The molecule has 3 rings (SSSR count). The first-order valence-corrected chi connectivity index (χ1v) is 7.12. The molecule has 6 nitrogen and oxygen atoms in total. The molecule has 0 saturated heterocycles. The van der Waals surface area contributed by atoms with E-state index in [0.29, 0.717) is 5.82 Å². The normalized spacial score (nSPS) is 13.5. The van der Waals surface area contributed by atoms with E-state index in [-0.39, 0.29) is 0 Å². The van der Waals surface area contributed by atoms with Gasteiger partial charge in [-0.2, -0.15) is 0 Å². The maximum atomic E-state index is 10.7. The van der Waals surface area contributed by atoms with Gasteiger partial charge in [-0.25, -0.2) is 9.67 Å². The fraction of sp³-hybridized carbons (Fsp3) is 0.312. The first-order valence-electron chi connectivity index (χ1n) is 7.12. The van der Waals surface area contributed by atoms with E-state index in [1.165, 1.54) is 0 Å². The van der Waals surface area contributed by atoms with E-state index in [2.05, 4.69) is 15.3 Å². The molecule has 0 spiro atoms. The van der Waals surface area contributed by atoms with Crippen molar-refractivity contribution in [2.75, 3.05) is 5.73 Å². The van der Waals surface area contributed by atoms with Gasteiger partial charge in [-0.3, -0.25) is 0 Å². The lowest BCUT2D eigenvalue weighted by molar-refractivity contribution is 0.0353. The number of nitrogen functional groups attached to an aromatic ring is 1. The Morgan fingerprint density at radius 2 is 2.00 bits per heavy atom. The number of nitrogens with two attached hydrogens (primary N) is 1. The van der Waals surface area contributed by atoms with Gasteiger partial charge in [0, 0.05) is 6.20 Å². The SMILES string of the molecule is Cc1cc(C(n2nnc3ccccc32)C(C)(C)O)cnc1N. The van der Waals surface area contributed by atoms with E-state index < -0.39 is 11.6 Å². The van der Waals surface area contributed by atoms with Gasteiger partial charge < -0.3 is 10.8 Å². The summed E-state index contributed by atoms with van der Waals surface area (Å²) in [5.74, 6) is 0.488. The van der Waals surface area contributed by atoms with Crippen LogP contribution in [0.5, 0.6) is 0 Å². The van der Waals surface area contributed by atoms with Crippen molar-refractivity contribution in [1.29, 1.82) is 0 Å². The fourth-order valence-corrected chi connectivity index (χ4v) is 2.68. The molecule has 0 bridgehead atoms. The number of benzene rings is 1. The van der Waals surface area contributed by atoms with Gasteiger partial charge in [-0.1, -0.05) is 17.3 Å². The highest BCUT2D eigenvalue weighted by molar-refractivity contribution is 5.74. The molecule has 0 aliphatic carbocycles. The number of nitrogens with zero attached hydrogens (tertiary/aromatic N) is 4. The molecule has 0 aliphatic heterocycles. The number of para-hydroxylation sites is 1. The molecule has 0 aliphatic rings. The van der Waals surface area contributed by atoms with Crippen LogP contribution < -0.4 is 5.73 Å². The first-order chi connectivity index (χ1) is 10.4. The Morgan fingerprint density at radius 1 is 1.27 bits per heavy atom. The summed E-state index contributed by atoms with van der Waals surface area (Å²) in [7, 11) is 0. The van der Waals surface area contributed by atoms with Crippen molar-refractivity contribution in [2.45, 2.75) is 32.4 Å². The molecule has 3 N–H and O–H groups in total. The number of hydrogen-bond acceptors (Lipinski definition) is 5. The van der Waals surface area contributed by atoms with Crippen LogP contribution in [0.15, 0.2) is 36.5 Å². The molecular weight excluding hydrogens is 278 g/mol. The average Bonchev–Trinajstić information content (AvgIpc) is 2.86. The zero-order valence-electron chi connectivity index (χ0n) is 12.9. The van der Waals surface area contributed by atoms with Crippen LogP contribution in [0.1, 0.15) is 31.0 Å². The van der Waals surface area contributed by atoms with Gasteiger partial charge in [0.25, 0.3) is 0 Å². The minimum atomic E-state index is -1.04. The Labute approximate surface area is 128 Å². The number of rotatable bonds is 3. The third-order valence-electron chi connectivity index (χ3n) is 3.75. The maximum Gasteiger partial charge on any atom is 0.126 e. The van der Waals surface area contributed by atoms with E-state index >= 15 is 0 Å². The van der Waals surface area contributed by atoms with Crippen LogP contribution in [0.3, 0.4) is 0 Å². The second-order valence-electron chi connectivity index (χ2n) is 6.05. The molecule has 114 valence electrons. The maximum absolute atomic E-state index is 10.7. The average molecular weight is 297 g/mol. The van der Waals surface area contributed by atoms with Crippen molar-refractivity contribution >= 4 is 16.9 Å². The summed E-state index contributed by atoms with van der Waals surface area (Å²) >= 11 is 0. The van der Waals surface area contributed by atoms with Crippen molar-refractivity contribution in [1.82, 2.24) is 20.0 Å². The predicted molar refractivity (Wildman–Crippen MR) is 85.4 cm³/mol. The molecule has 6 heteroatoms. The summed E-state index contributed by atoms with van der Waals surface area (Å²) < 4.78 is 1.74. The van der Waals surface area contributed by atoms with E-state index in [4.69, 9.17) is 5.73 Å². The molecule has 22 heavy (non-hydrogen) atoms. The van der Waals surface area contributed by atoms with Crippen LogP contribution in [-0.4, -0.2) is 30.7 Å². The first kappa shape index (κ1) is 14.5. The Kier molecular flexibility index (Phi) is 3.33. The minimum absolute atomic E-state index is 0.410. The molecule has 1 atom stereocenters. The molecule has 1 unspecified atom stereocenters. The number of aryl methyl sites for hydroxylation is 1. The third-order valence-corrected chi connectivity index (χ3v) is 3.75. The van der Waals surface area contributed by atoms with E-state index in [1.54, 1.807) is 24.7 Å². The second kappa shape index (κ2) is 5.06. The lowest BCUT2D eigenvalue weighted by atomic mass is 9.92. The smallest absolute Gasteiger partial charge is 0.126 e. The lowest BCUT2D eigenvalue weighted by Gasteiger charge is -2.30. The summed E-state index contributed by atoms with van der Waals surface area (Å²) in [4.78, 5) is 4.21. The molecule has 2 heterocycles. The van der Waals surface area contributed by atoms with Gasteiger partial charge in [0.15, 0.2) is 0 Å². The van der Waals surface area contributed by atoms with Crippen LogP contribution in [0.2, 0.25) is 0 Å². The van der Waals surface area contributed by atoms with Crippen molar-refractivity contribution in [3.05, 3.63) is 47.7 Å². The van der Waals surface area contributed by atoms with E-state index in [1.807, 2.05) is 37.3 Å². The van der Waals surface area contributed by atoms with Crippen molar-refractivity contribution in [3.8, 4) is 0 Å². The Morgan fingerprint density at radius 3 is 2.68 bits per heavy atom. The summed E-state index contributed by atoms with van der Waals surface area (Å²) in [6, 6.07) is 9.19. The number of aliphatic hydroxyl groups is 1. The van der Waals surface area contributed by atoms with Gasteiger partial charge in [-0.05, 0) is 50.1 Å². The van der Waals surface area contributed by atoms with Crippen molar-refractivity contribution in [2.24, 2.45) is 0 Å². The molecule has 3 aromatic rings. The quantitative estimate of drug-likeness (QED) is 0.772. The molecule has 1 aromatic carbocycles. The Balaban J connectivity index is 2.21. The van der Waals surface area contributed by atoms with Crippen LogP contribution in [0, 0.1) is 6.92 Å². The third kappa shape index (κ3) is 2.42. The standard InChI is InChI=1S/C16H19N5O/c1-10-8-11(9-18-15(10)17)14(16(2,3)22)21-13-7-5-4-6-12(13)19-20-21/h4-9,14,22H,1-3H3,(H2,17,18). The van der Waals surface area contributed by atoms with Gasteiger partial charge in [0.2, 0.25) is 0 Å². The van der Waals surface area contributed by atoms with Crippen LogP contribution in [0.4, 0.5) is 5.82 Å². The van der Waals surface area contributed by atoms with E-state index in [9.17, 15) is 5.11 Å². The summed E-state index contributed by atoms with van der Waals surface area (Å²) in [6.45, 7) is 5.40. The molecule has 0 fully saturated rings. The number of hydrogen-bond donors (Lipinski definition) is 2. The predicted octanol–water partition coefficient (Wildman–Crippen LogP) is 2.08. The minimum Gasteiger partial charge on any atom is -0.388 e. The van der Waals surface area contributed by atoms with Gasteiger partial charge in [-0.15, -0.1) is 5.10 Å². The summed E-state index contributed by atoms with van der Waals surface area (Å²) in [6.07, 6.45) is 1.68. The van der Waals surface area contributed by atoms with Gasteiger partial charge in [0.1, 0.15) is 17.4 Å². The summed E-state index contributed by atoms with van der Waals surface area (Å²) in [5.41, 5.74) is 8.13. The van der Waals surface area contributed by atoms with Crippen molar-refractivity contribution in [3.63, 3.8) is 0 Å².